The zero-order valence-electron chi connectivity index (χ0n) is 18.4. The van der Waals surface area contributed by atoms with E-state index >= 15 is 0 Å². The van der Waals surface area contributed by atoms with Crippen LogP contribution < -0.4 is 5.32 Å². The summed E-state index contributed by atoms with van der Waals surface area (Å²) in [5.41, 5.74) is 1.27. The lowest BCUT2D eigenvalue weighted by Crippen LogP contribution is -2.34. The van der Waals surface area contributed by atoms with Gasteiger partial charge in [0, 0.05) is 26.2 Å². The van der Waals surface area contributed by atoms with Gasteiger partial charge in [0.1, 0.15) is 5.60 Å². The Hall–Kier alpha value is -2.28. The van der Waals surface area contributed by atoms with Crippen molar-refractivity contribution in [1.29, 1.82) is 0 Å². The molecule has 7 nitrogen and oxygen atoms in total. The SMILES string of the molecule is CC(C)COC(=O)N(CCCCO)Cc1ccccc1CNC(=O)OC(C)(C)C. The Labute approximate surface area is 174 Å². The number of amides is 2. The van der Waals surface area contributed by atoms with Gasteiger partial charge in [0.25, 0.3) is 0 Å². The van der Waals surface area contributed by atoms with E-state index in [0.717, 1.165) is 11.1 Å². The van der Waals surface area contributed by atoms with Gasteiger partial charge in [0.15, 0.2) is 0 Å². The molecular weight excluding hydrogens is 372 g/mol. The number of rotatable bonds is 10. The zero-order chi connectivity index (χ0) is 21.9. The van der Waals surface area contributed by atoms with E-state index in [1.165, 1.54) is 0 Å². The summed E-state index contributed by atoms with van der Waals surface area (Å²) in [6.45, 7) is 11.0. The van der Waals surface area contributed by atoms with Crippen LogP contribution in [0.15, 0.2) is 24.3 Å². The Bertz CT molecular complexity index is 640. The van der Waals surface area contributed by atoms with E-state index in [0.29, 0.717) is 39.1 Å². The van der Waals surface area contributed by atoms with Gasteiger partial charge in [-0.15, -0.1) is 0 Å². The Kier molecular flexibility index (Phi) is 10.5. The summed E-state index contributed by atoms with van der Waals surface area (Å²) in [5.74, 6) is 0.253. The number of carbonyl (C=O) groups is 2. The largest absolute Gasteiger partial charge is 0.449 e. The number of benzene rings is 1. The predicted molar refractivity (Wildman–Crippen MR) is 112 cm³/mol. The molecule has 7 heteroatoms. The fourth-order valence-electron chi connectivity index (χ4n) is 2.55. The van der Waals surface area contributed by atoms with Crippen molar-refractivity contribution in [3.63, 3.8) is 0 Å². The molecule has 1 rings (SSSR count). The number of nitrogens with zero attached hydrogens (tertiary/aromatic N) is 1. The molecule has 29 heavy (non-hydrogen) atoms. The second-order valence-corrected chi connectivity index (χ2v) is 8.45. The molecule has 0 fully saturated rings. The lowest BCUT2D eigenvalue weighted by atomic mass is 10.1. The number of unbranched alkanes of at least 4 members (excludes halogenated alkanes) is 1. The van der Waals surface area contributed by atoms with Crippen LogP contribution in [0.25, 0.3) is 0 Å². The molecule has 2 N–H and O–H groups in total. The predicted octanol–water partition coefficient (Wildman–Crippen LogP) is 4.08. The minimum absolute atomic E-state index is 0.0886. The van der Waals surface area contributed by atoms with Crippen LogP contribution in [-0.4, -0.2) is 47.6 Å². The van der Waals surface area contributed by atoms with Gasteiger partial charge in [-0.2, -0.15) is 0 Å². The maximum atomic E-state index is 12.5. The maximum absolute atomic E-state index is 12.5. The van der Waals surface area contributed by atoms with Crippen LogP contribution >= 0.6 is 0 Å². The maximum Gasteiger partial charge on any atom is 0.410 e. The first-order valence-electron chi connectivity index (χ1n) is 10.2. The second kappa shape index (κ2) is 12.3. The molecule has 0 aliphatic carbocycles. The van der Waals surface area contributed by atoms with Crippen LogP contribution in [0.5, 0.6) is 0 Å². The average molecular weight is 409 g/mol. The van der Waals surface area contributed by atoms with Gasteiger partial charge < -0.3 is 24.8 Å². The molecule has 0 aliphatic rings. The van der Waals surface area contributed by atoms with Crippen molar-refractivity contribution in [2.45, 2.75) is 66.2 Å². The summed E-state index contributed by atoms with van der Waals surface area (Å²) in [6, 6.07) is 7.64. The fraction of sp³-hybridized carbons (Fsp3) is 0.636. The van der Waals surface area contributed by atoms with Crippen molar-refractivity contribution in [2.75, 3.05) is 19.8 Å². The second-order valence-electron chi connectivity index (χ2n) is 8.45. The highest BCUT2D eigenvalue weighted by Crippen LogP contribution is 2.15. The van der Waals surface area contributed by atoms with Gasteiger partial charge in [-0.05, 0) is 50.7 Å². The smallest absolute Gasteiger partial charge is 0.410 e. The molecule has 0 atom stereocenters. The van der Waals surface area contributed by atoms with Gasteiger partial charge in [-0.25, -0.2) is 9.59 Å². The Morgan fingerprint density at radius 2 is 1.79 bits per heavy atom. The number of hydrogen-bond acceptors (Lipinski definition) is 5. The molecule has 2 amide bonds. The monoisotopic (exact) mass is 408 g/mol. The first kappa shape index (κ1) is 24.8. The van der Waals surface area contributed by atoms with Gasteiger partial charge in [-0.1, -0.05) is 38.1 Å². The van der Waals surface area contributed by atoms with Crippen LogP contribution in [0.2, 0.25) is 0 Å². The van der Waals surface area contributed by atoms with Crippen LogP contribution in [0.4, 0.5) is 9.59 Å². The van der Waals surface area contributed by atoms with Crippen molar-refractivity contribution in [2.24, 2.45) is 5.92 Å². The number of ether oxygens (including phenoxy) is 2. The number of aliphatic hydroxyl groups excluding tert-OH is 1. The lowest BCUT2D eigenvalue weighted by molar-refractivity contribution is 0.0522. The Morgan fingerprint density at radius 1 is 1.14 bits per heavy atom. The number of nitrogens with one attached hydrogen (secondary N) is 1. The van der Waals surface area contributed by atoms with Gasteiger partial charge in [0.2, 0.25) is 0 Å². The van der Waals surface area contributed by atoms with E-state index in [9.17, 15) is 9.59 Å². The quantitative estimate of drug-likeness (QED) is 0.570. The summed E-state index contributed by atoms with van der Waals surface area (Å²) >= 11 is 0. The van der Waals surface area contributed by atoms with Crippen molar-refractivity contribution in [3.05, 3.63) is 35.4 Å². The highest BCUT2D eigenvalue weighted by molar-refractivity contribution is 5.68. The van der Waals surface area contributed by atoms with Crippen molar-refractivity contribution >= 4 is 12.2 Å². The van der Waals surface area contributed by atoms with Gasteiger partial charge in [-0.3, -0.25) is 0 Å². The van der Waals surface area contributed by atoms with Gasteiger partial charge >= 0.3 is 12.2 Å². The minimum Gasteiger partial charge on any atom is -0.449 e. The zero-order valence-corrected chi connectivity index (χ0v) is 18.4. The standard InChI is InChI=1S/C22H36N2O5/c1-17(2)16-28-21(27)24(12-8-9-13-25)15-19-11-7-6-10-18(19)14-23-20(26)29-22(3,4)5/h6-7,10-11,17,25H,8-9,12-16H2,1-5H3,(H,23,26). The van der Waals surface area contributed by atoms with Crippen LogP contribution in [0.1, 0.15) is 58.6 Å². The van der Waals surface area contributed by atoms with Crippen molar-refractivity contribution < 1.29 is 24.2 Å². The molecule has 0 bridgehead atoms. The minimum atomic E-state index is -0.562. The third kappa shape index (κ3) is 10.7. The number of alkyl carbamates (subject to hydrolysis) is 1. The van der Waals surface area contributed by atoms with Crippen LogP contribution in [0.3, 0.4) is 0 Å². The van der Waals surface area contributed by atoms with Crippen LogP contribution in [-0.2, 0) is 22.6 Å². The number of carbonyl (C=O) groups excluding carboxylic acids is 2. The molecule has 0 radical (unpaired) electrons. The van der Waals surface area contributed by atoms with E-state index in [1.807, 2.05) is 58.9 Å². The Morgan fingerprint density at radius 3 is 2.38 bits per heavy atom. The molecular formula is C22H36N2O5. The average Bonchev–Trinajstić information content (AvgIpc) is 2.63. The number of aliphatic hydroxyl groups is 1. The summed E-state index contributed by atoms with van der Waals surface area (Å²) < 4.78 is 10.7. The number of hydrogen-bond donors (Lipinski definition) is 2. The van der Waals surface area contributed by atoms with E-state index in [-0.39, 0.29) is 18.6 Å². The highest BCUT2D eigenvalue weighted by Gasteiger charge is 2.19. The van der Waals surface area contributed by atoms with E-state index in [1.54, 1.807) is 4.90 Å². The summed E-state index contributed by atoms with van der Waals surface area (Å²) in [5, 5.41) is 11.8. The van der Waals surface area contributed by atoms with Crippen LogP contribution in [0, 0.1) is 5.92 Å². The highest BCUT2D eigenvalue weighted by atomic mass is 16.6. The lowest BCUT2D eigenvalue weighted by Gasteiger charge is -2.24. The topological polar surface area (TPSA) is 88.1 Å². The fourth-order valence-corrected chi connectivity index (χ4v) is 2.55. The van der Waals surface area contributed by atoms with E-state index < -0.39 is 11.7 Å². The molecule has 0 saturated heterocycles. The molecule has 0 aliphatic heterocycles. The first-order valence-corrected chi connectivity index (χ1v) is 10.2. The molecule has 0 heterocycles. The van der Waals surface area contributed by atoms with Crippen molar-refractivity contribution in [3.8, 4) is 0 Å². The summed E-state index contributed by atoms with van der Waals surface area (Å²) in [6.07, 6.45) is 0.455. The summed E-state index contributed by atoms with van der Waals surface area (Å²) in [7, 11) is 0. The van der Waals surface area contributed by atoms with Gasteiger partial charge in [0.05, 0.1) is 6.61 Å². The van der Waals surface area contributed by atoms with E-state index in [4.69, 9.17) is 14.6 Å². The van der Waals surface area contributed by atoms with E-state index in [2.05, 4.69) is 5.32 Å². The van der Waals surface area contributed by atoms with Crippen molar-refractivity contribution in [1.82, 2.24) is 10.2 Å². The Balaban J connectivity index is 2.81. The molecule has 0 saturated carbocycles. The molecule has 164 valence electrons. The third-order valence-corrected chi connectivity index (χ3v) is 3.94. The molecule has 0 aromatic heterocycles. The molecule has 1 aromatic rings. The first-order chi connectivity index (χ1) is 13.6. The molecule has 0 unspecified atom stereocenters. The molecule has 0 spiro atoms. The summed E-state index contributed by atoms with van der Waals surface area (Å²) in [4.78, 5) is 26.1. The molecule has 1 aromatic carbocycles. The normalized spacial score (nSPS) is 11.3. The third-order valence-electron chi connectivity index (χ3n) is 3.94.